The number of aryl methyl sites for hydroxylation is 1. The molecule has 0 aliphatic rings. The van der Waals surface area contributed by atoms with E-state index in [-0.39, 0.29) is 12.4 Å². The van der Waals surface area contributed by atoms with E-state index in [1.54, 1.807) is 0 Å². The normalized spacial score (nSPS) is 11.7. The number of nitrogens with zero attached hydrogens (tertiary/aromatic N) is 2. The Labute approximate surface area is 105 Å². The Morgan fingerprint density at radius 2 is 2.11 bits per heavy atom. The fourth-order valence-electron chi connectivity index (χ4n) is 1.41. The molecule has 0 bridgehead atoms. The lowest BCUT2D eigenvalue weighted by atomic mass is 10.1. The van der Waals surface area contributed by atoms with Crippen LogP contribution >= 0.6 is 0 Å². The van der Waals surface area contributed by atoms with E-state index in [0.29, 0.717) is 5.89 Å². The average Bonchev–Trinajstić information content (AvgIpc) is 2.74. The molecule has 7 heteroatoms. The molecule has 0 unspecified atom stereocenters. The topological polar surface area (TPSA) is 85.1 Å². The number of hydrogen-bond acceptors (Lipinski definition) is 5. The van der Waals surface area contributed by atoms with Gasteiger partial charge in [0.25, 0.3) is 0 Å². The van der Waals surface area contributed by atoms with Gasteiger partial charge in [0.1, 0.15) is 0 Å². The average molecular weight is 267 g/mol. The van der Waals surface area contributed by atoms with Gasteiger partial charge in [-0.3, -0.25) is 0 Å². The van der Waals surface area contributed by atoms with Gasteiger partial charge < -0.3 is 4.42 Å². The third-order valence-electron chi connectivity index (χ3n) is 2.22. The molecule has 0 fully saturated rings. The van der Waals surface area contributed by atoms with Crippen LogP contribution in [0.3, 0.4) is 0 Å². The summed E-state index contributed by atoms with van der Waals surface area (Å²) in [6.07, 6.45) is 1.07. The van der Waals surface area contributed by atoms with Crippen molar-refractivity contribution >= 4 is 10.0 Å². The van der Waals surface area contributed by atoms with Crippen LogP contribution in [0, 0.1) is 6.92 Å². The maximum Gasteiger partial charge on any atom is 0.247 e. The highest BCUT2D eigenvalue weighted by Crippen LogP contribution is 2.18. The van der Waals surface area contributed by atoms with Crippen molar-refractivity contribution in [2.75, 3.05) is 6.26 Å². The summed E-state index contributed by atoms with van der Waals surface area (Å²) < 4.78 is 29.5. The van der Waals surface area contributed by atoms with Crippen LogP contribution in [-0.4, -0.2) is 24.9 Å². The molecule has 0 atom stereocenters. The number of hydrogen-bond donors (Lipinski definition) is 1. The van der Waals surface area contributed by atoms with Crippen molar-refractivity contribution < 1.29 is 12.8 Å². The van der Waals surface area contributed by atoms with Crippen molar-refractivity contribution in [2.45, 2.75) is 13.5 Å². The first-order valence-corrected chi connectivity index (χ1v) is 7.17. The van der Waals surface area contributed by atoms with Gasteiger partial charge in [-0.1, -0.05) is 17.7 Å². The molecule has 0 spiro atoms. The largest absolute Gasteiger partial charge is 0.419 e. The van der Waals surface area contributed by atoms with Crippen LogP contribution < -0.4 is 4.72 Å². The maximum atomic E-state index is 10.9. The van der Waals surface area contributed by atoms with E-state index in [9.17, 15) is 8.42 Å². The summed E-state index contributed by atoms with van der Waals surface area (Å²) in [6.45, 7) is 1.96. The van der Waals surface area contributed by atoms with Crippen molar-refractivity contribution in [3.8, 4) is 11.5 Å². The molecule has 2 aromatic rings. The fraction of sp³-hybridized carbons (Fsp3) is 0.273. The molecule has 0 saturated heterocycles. The Bertz CT molecular complexity index is 649. The van der Waals surface area contributed by atoms with Crippen molar-refractivity contribution in [3.05, 3.63) is 35.7 Å². The van der Waals surface area contributed by atoms with Crippen LogP contribution in [0.25, 0.3) is 11.5 Å². The Balaban J connectivity index is 2.16. The van der Waals surface area contributed by atoms with E-state index < -0.39 is 10.0 Å². The molecule has 0 aliphatic heterocycles. The van der Waals surface area contributed by atoms with Gasteiger partial charge in [0.05, 0.1) is 12.8 Å². The summed E-state index contributed by atoms with van der Waals surface area (Å²) in [5.74, 6) is 0.612. The first-order valence-electron chi connectivity index (χ1n) is 5.28. The van der Waals surface area contributed by atoms with Crippen molar-refractivity contribution in [2.24, 2.45) is 0 Å². The number of sulfonamides is 1. The van der Waals surface area contributed by atoms with E-state index in [2.05, 4.69) is 14.9 Å². The van der Waals surface area contributed by atoms with Crippen LogP contribution in [0.1, 0.15) is 11.5 Å². The molecule has 0 aliphatic carbocycles. The molecule has 1 aromatic heterocycles. The summed E-state index contributed by atoms with van der Waals surface area (Å²) in [6, 6.07) is 7.63. The number of nitrogens with one attached hydrogen (secondary N) is 1. The SMILES string of the molecule is Cc1cccc(-c2nnc(CNS(C)(=O)=O)o2)c1. The predicted octanol–water partition coefficient (Wildman–Crippen LogP) is 1.09. The standard InChI is InChI=1S/C11H13N3O3S/c1-8-4-3-5-9(6-8)11-14-13-10(17-11)7-12-18(2,15)16/h3-6,12H,7H2,1-2H3. The molecule has 1 aromatic carbocycles. The Hall–Kier alpha value is -1.73. The molecular weight excluding hydrogens is 254 g/mol. The van der Waals surface area contributed by atoms with Crippen LogP contribution in [0.2, 0.25) is 0 Å². The summed E-state index contributed by atoms with van der Waals surface area (Å²) in [7, 11) is -3.26. The van der Waals surface area contributed by atoms with E-state index in [1.807, 2.05) is 31.2 Å². The van der Waals surface area contributed by atoms with E-state index in [0.717, 1.165) is 17.4 Å². The zero-order chi connectivity index (χ0) is 13.2. The second-order valence-corrected chi connectivity index (χ2v) is 5.80. The lowest BCUT2D eigenvalue weighted by Gasteiger charge is -1.97. The van der Waals surface area contributed by atoms with Gasteiger partial charge in [0.15, 0.2) is 0 Å². The van der Waals surface area contributed by atoms with E-state index >= 15 is 0 Å². The Morgan fingerprint density at radius 3 is 2.78 bits per heavy atom. The predicted molar refractivity (Wildman–Crippen MR) is 66.2 cm³/mol. The first kappa shape index (κ1) is 12.7. The smallest absolute Gasteiger partial charge is 0.247 e. The first-order chi connectivity index (χ1) is 8.44. The Morgan fingerprint density at radius 1 is 1.33 bits per heavy atom. The minimum absolute atomic E-state index is 0.00233. The van der Waals surface area contributed by atoms with Gasteiger partial charge >= 0.3 is 0 Å². The zero-order valence-corrected chi connectivity index (χ0v) is 10.9. The molecule has 6 nitrogen and oxygen atoms in total. The zero-order valence-electron chi connectivity index (χ0n) is 10.0. The van der Waals surface area contributed by atoms with E-state index in [1.165, 1.54) is 0 Å². The van der Waals surface area contributed by atoms with Crippen LogP contribution in [-0.2, 0) is 16.6 Å². The number of rotatable bonds is 4. The Kier molecular flexibility index (Phi) is 3.44. The van der Waals surface area contributed by atoms with Gasteiger partial charge in [-0.2, -0.15) is 0 Å². The lowest BCUT2D eigenvalue weighted by molar-refractivity contribution is 0.495. The maximum absolute atomic E-state index is 10.9. The molecule has 1 N–H and O–H groups in total. The van der Waals surface area contributed by atoms with Gasteiger partial charge in [0, 0.05) is 5.56 Å². The number of benzene rings is 1. The molecular formula is C11H13N3O3S. The molecule has 96 valence electrons. The second kappa shape index (κ2) is 4.87. The summed E-state index contributed by atoms with van der Waals surface area (Å²) >= 11 is 0. The third-order valence-corrected chi connectivity index (χ3v) is 2.89. The molecule has 0 amide bonds. The van der Waals surface area contributed by atoms with Crippen LogP contribution in [0.4, 0.5) is 0 Å². The fourth-order valence-corrected chi connectivity index (χ4v) is 1.80. The van der Waals surface area contributed by atoms with Crippen LogP contribution in [0.5, 0.6) is 0 Å². The monoisotopic (exact) mass is 267 g/mol. The van der Waals surface area contributed by atoms with Gasteiger partial charge in [-0.15, -0.1) is 10.2 Å². The van der Waals surface area contributed by atoms with Crippen LogP contribution in [0.15, 0.2) is 28.7 Å². The molecule has 0 saturated carbocycles. The highest BCUT2D eigenvalue weighted by atomic mass is 32.2. The molecule has 18 heavy (non-hydrogen) atoms. The molecule has 1 heterocycles. The van der Waals surface area contributed by atoms with Gasteiger partial charge in [-0.05, 0) is 19.1 Å². The molecule has 0 radical (unpaired) electrons. The lowest BCUT2D eigenvalue weighted by Crippen LogP contribution is -2.21. The highest BCUT2D eigenvalue weighted by molar-refractivity contribution is 7.88. The summed E-state index contributed by atoms with van der Waals surface area (Å²) in [5.41, 5.74) is 1.90. The van der Waals surface area contributed by atoms with Crippen molar-refractivity contribution in [1.29, 1.82) is 0 Å². The van der Waals surface area contributed by atoms with Crippen molar-refractivity contribution in [1.82, 2.24) is 14.9 Å². The quantitative estimate of drug-likeness (QED) is 0.896. The number of aromatic nitrogens is 2. The van der Waals surface area contributed by atoms with Crippen molar-refractivity contribution in [3.63, 3.8) is 0 Å². The third kappa shape index (κ3) is 3.38. The summed E-state index contributed by atoms with van der Waals surface area (Å²) in [5, 5.41) is 7.66. The second-order valence-electron chi connectivity index (χ2n) is 3.96. The van der Waals surface area contributed by atoms with Gasteiger partial charge in [0.2, 0.25) is 21.8 Å². The molecule has 2 rings (SSSR count). The highest BCUT2D eigenvalue weighted by Gasteiger charge is 2.10. The van der Waals surface area contributed by atoms with E-state index in [4.69, 9.17) is 4.42 Å². The summed E-state index contributed by atoms with van der Waals surface area (Å²) in [4.78, 5) is 0. The minimum atomic E-state index is -3.26. The van der Waals surface area contributed by atoms with Gasteiger partial charge in [-0.25, -0.2) is 13.1 Å². The minimum Gasteiger partial charge on any atom is -0.419 e.